The number of carbonyl (C=O) groups is 9. The fourth-order valence-corrected chi connectivity index (χ4v) is 6.33. The van der Waals surface area contributed by atoms with Gasteiger partial charge < -0.3 is 74.6 Å². The second-order valence-corrected chi connectivity index (χ2v) is 15.5. The first kappa shape index (κ1) is 54.1. The Morgan fingerprint density at radius 1 is 0.754 bits per heavy atom. The fourth-order valence-electron chi connectivity index (χ4n) is 5.81. The molecule has 8 amide bonds. The number of aliphatic hydroxyl groups excluding tert-OH is 2. The first-order chi connectivity index (χ1) is 28.6. The Kier molecular flexibility index (Phi) is 24.0. The molecular weight excluding hydrogens is 845 g/mol. The van der Waals surface area contributed by atoms with Crippen molar-refractivity contribution in [2.75, 3.05) is 37.7 Å². The van der Waals surface area contributed by atoms with E-state index in [9.17, 15) is 53.4 Å². The lowest BCUT2D eigenvalue weighted by atomic mass is 10.0. The van der Waals surface area contributed by atoms with Crippen molar-refractivity contribution in [1.29, 1.82) is 0 Å². The van der Waals surface area contributed by atoms with Gasteiger partial charge in [-0.15, -0.1) is 0 Å². The monoisotopic (exact) mass is 906 g/mol. The molecule has 26 heteroatoms. The molecule has 0 unspecified atom stereocenters. The predicted molar refractivity (Wildman–Crippen MR) is 226 cm³/mol. The summed E-state index contributed by atoms with van der Waals surface area (Å²) in [5, 5.41) is 44.9. The van der Waals surface area contributed by atoms with Crippen LogP contribution in [0.2, 0.25) is 0 Å². The smallest absolute Gasteiger partial charge is 0.322 e. The Balaban J connectivity index is 3.17. The summed E-state index contributed by atoms with van der Waals surface area (Å²) < 4.78 is 0. The molecule has 0 saturated carbocycles. The molecule has 0 aromatic carbocycles. The zero-order chi connectivity index (χ0) is 46.6. The molecule has 1 rings (SSSR count). The van der Waals surface area contributed by atoms with E-state index in [1.165, 1.54) is 18.7 Å². The highest BCUT2D eigenvalue weighted by atomic mass is 32.1. The van der Waals surface area contributed by atoms with Gasteiger partial charge in [-0.3, -0.25) is 48.1 Å². The van der Waals surface area contributed by atoms with Gasteiger partial charge in [0.25, 0.3) is 0 Å². The summed E-state index contributed by atoms with van der Waals surface area (Å²) in [5.74, 6) is -8.59. The van der Waals surface area contributed by atoms with Gasteiger partial charge in [-0.25, -0.2) is 0 Å². The van der Waals surface area contributed by atoms with Crippen LogP contribution >= 0.6 is 25.3 Å². The molecule has 1 saturated heterocycles. The van der Waals surface area contributed by atoms with Gasteiger partial charge in [-0.05, 0) is 51.9 Å². The zero-order valence-electron chi connectivity index (χ0n) is 34.6. The number of hydrogen-bond donors (Lipinski definition) is 15. The highest BCUT2D eigenvalue weighted by Crippen LogP contribution is 2.21. The van der Waals surface area contributed by atoms with E-state index in [1.54, 1.807) is 13.8 Å². The van der Waals surface area contributed by atoms with Crippen molar-refractivity contribution in [1.82, 2.24) is 42.1 Å². The summed E-state index contributed by atoms with van der Waals surface area (Å²) in [5.41, 5.74) is 16.4. The van der Waals surface area contributed by atoms with Crippen molar-refractivity contribution in [2.24, 2.45) is 28.1 Å². The van der Waals surface area contributed by atoms with Crippen LogP contribution in [-0.2, 0) is 43.2 Å². The van der Waals surface area contributed by atoms with Crippen molar-refractivity contribution < 1.29 is 58.5 Å². The van der Waals surface area contributed by atoms with Gasteiger partial charge in [-0.2, -0.15) is 25.3 Å². The van der Waals surface area contributed by atoms with Gasteiger partial charge in [0.1, 0.15) is 54.9 Å². The molecular formula is C35H62N12O12S2. The van der Waals surface area contributed by atoms with E-state index in [0.29, 0.717) is 6.42 Å². The van der Waals surface area contributed by atoms with Crippen LogP contribution in [0.1, 0.15) is 59.8 Å². The van der Waals surface area contributed by atoms with Gasteiger partial charge in [0.15, 0.2) is 5.96 Å². The number of likely N-dealkylation sites (tertiary alicyclic amines) is 1. The SMILES string of the molecule is CC(C)C[C@H](NC(=O)[C@@H]1CCCN1C(=O)[C@H](CCCN=C(N)N)NC(=O)[C@H](C)NC(=O)[C@H](CS)NC(=O)[C@H](CO)NC(=O)[C@@H](N)[C@@H](C)O)C(=O)N[C@@H](CS)C(=O)NCC(=O)O. The standard InChI is InChI=1S/C35H62N12O12S2/c1-16(2)11-20(29(54)45-22(14-60)28(53)40-12-25(50)51)43-32(57)24-8-6-10-47(24)34(59)19(7-5-9-39-35(37)38)42-27(52)17(3)41-31(56)23(15-61)46-30(55)21(13-48)44-33(58)26(36)18(4)49/h16-24,26,48-49,60-61H,5-15,36H2,1-4H3,(H,40,53)(H,41,56)(H,42,52)(H,43,57)(H,44,58)(H,45,54)(H,46,55)(H,50,51)(H4,37,38,39)/t17-,18+,19-,20-,21-,22-,23-,24-,26-/m0/s1. The van der Waals surface area contributed by atoms with Gasteiger partial charge >= 0.3 is 5.97 Å². The zero-order valence-corrected chi connectivity index (χ0v) is 36.4. The predicted octanol–water partition coefficient (Wildman–Crippen LogP) is -6.23. The molecule has 346 valence electrons. The van der Waals surface area contributed by atoms with E-state index in [-0.39, 0.29) is 62.2 Å². The number of amides is 8. The lowest BCUT2D eigenvalue weighted by molar-refractivity contribution is -0.142. The number of thiol groups is 2. The minimum absolute atomic E-state index is 0.0113. The summed E-state index contributed by atoms with van der Waals surface area (Å²) in [6.45, 7) is 4.77. The van der Waals surface area contributed by atoms with E-state index in [0.717, 1.165) is 0 Å². The van der Waals surface area contributed by atoms with Crippen LogP contribution in [0, 0.1) is 5.92 Å². The third kappa shape index (κ3) is 18.7. The summed E-state index contributed by atoms with van der Waals surface area (Å²) in [6, 6.07) is -10.3. The molecule has 61 heavy (non-hydrogen) atoms. The molecule has 24 nitrogen and oxygen atoms in total. The average Bonchev–Trinajstić information content (AvgIpc) is 3.70. The van der Waals surface area contributed by atoms with Crippen LogP contribution in [0.3, 0.4) is 0 Å². The third-order valence-electron chi connectivity index (χ3n) is 9.17. The molecule has 1 heterocycles. The van der Waals surface area contributed by atoms with Crippen molar-refractivity contribution in [2.45, 2.75) is 114 Å². The number of aliphatic imine (C=N–C) groups is 1. The first-order valence-electron chi connectivity index (χ1n) is 19.5. The molecule has 0 radical (unpaired) electrons. The summed E-state index contributed by atoms with van der Waals surface area (Å²) in [6.07, 6.45) is -0.349. The molecule has 0 aromatic rings. The van der Waals surface area contributed by atoms with Crippen LogP contribution in [0.15, 0.2) is 4.99 Å². The number of aliphatic carboxylic acids is 1. The van der Waals surface area contributed by atoms with Crippen molar-refractivity contribution in [3.05, 3.63) is 0 Å². The minimum atomic E-state index is -1.55. The number of guanidine groups is 1. The van der Waals surface area contributed by atoms with E-state index in [1.807, 2.05) is 0 Å². The van der Waals surface area contributed by atoms with Gasteiger partial charge in [0.05, 0.1) is 12.7 Å². The van der Waals surface area contributed by atoms with Crippen molar-refractivity contribution >= 4 is 84.4 Å². The van der Waals surface area contributed by atoms with Crippen LogP contribution in [-0.4, -0.2) is 172 Å². The lowest BCUT2D eigenvalue weighted by Gasteiger charge is -2.31. The molecule has 1 fully saturated rings. The molecule has 1 aliphatic rings. The van der Waals surface area contributed by atoms with Crippen LogP contribution in [0.25, 0.3) is 0 Å². The highest BCUT2D eigenvalue weighted by molar-refractivity contribution is 7.80. The summed E-state index contributed by atoms with van der Waals surface area (Å²) in [4.78, 5) is 121. The molecule has 0 aliphatic carbocycles. The number of carboxylic acids is 1. The molecule has 9 atom stereocenters. The number of rotatable bonds is 26. The normalized spacial score (nSPS) is 17.5. The quantitative estimate of drug-likeness (QED) is 0.0166. The third-order valence-corrected chi connectivity index (χ3v) is 9.90. The second-order valence-electron chi connectivity index (χ2n) is 14.7. The number of nitrogens with two attached hydrogens (primary N) is 3. The number of nitrogens with zero attached hydrogens (tertiary/aromatic N) is 2. The van der Waals surface area contributed by atoms with Crippen LogP contribution in [0.4, 0.5) is 0 Å². The van der Waals surface area contributed by atoms with E-state index < -0.39 is 121 Å². The number of nitrogens with one attached hydrogen (secondary N) is 7. The number of aliphatic hydroxyl groups is 2. The molecule has 0 spiro atoms. The number of hydrogen-bond acceptors (Lipinski definition) is 15. The van der Waals surface area contributed by atoms with Gasteiger partial charge in [-0.1, -0.05) is 13.8 Å². The maximum atomic E-state index is 14.1. The molecule has 0 bridgehead atoms. The molecule has 1 aliphatic heterocycles. The van der Waals surface area contributed by atoms with Crippen molar-refractivity contribution in [3.8, 4) is 0 Å². The molecule has 16 N–H and O–H groups in total. The topological polar surface area (TPSA) is 392 Å². The maximum Gasteiger partial charge on any atom is 0.322 e. The number of carboxylic acid groups (broad SMARTS) is 1. The van der Waals surface area contributed by atoms with E-state index in [2.05, 4.69) is 67.5 Å². The van der Waals surface area contributed by atoms with E-state index in [4.69, 9.17) is 22.3 Å². The average molecular weight is 907 g/mol. The Morgan fingerprint density at radius 2 is 1.30 bits per heavy atom. The summed E-state index contributed by atoms with van der Waals surface area (Å²) in [7, 11) is 0. The summed E-state index contributed by atoms with van der Waals surface area (Å²) >= 11 is 8.17. The van der Waals surface area contributed by atoms with Crippen molar-refractivity contribution in [3.63, 3.8) is 0 Å². The Labute approximate surface area is 364 Å². The fraction of sp³-hybridized carbons (Fsp3) is 0.714. The van der Waals surface area contributed by atoms with Crippen LogP contribution in [0.5, 0.6) is 0 Å². The minimum Gasteiger partial charge on any atom is -0.480 e. The maximum absolute atomic E-state index is 14.1. The number of carbonyl (C=O) groups excluding carboxylic acids is 8. The Hall–Kier alpha value is -4.92. The van der Waals surface area contributed by atoms with Gasteiger partial charge in [0.2, 0.25) is 47.3 Å². The molecule has 0 aromatic heterocycles. The van der Waals surface area contributed by atoms with Gasteiger partial charge in [0, 0.05) is 24.6 Å². The largest absolute Gasteiger partial charge is 0.480 e. The Bertz CT molecular complexity index is 1590. The first-order valence-corrected chi connectivity index (χ1v) is 20.8. The van der Waals surface area contributed by atoms with E-state index >= 15 is 0 Å². The Morgan fingerprint density at radius 3 is 1.82 bits per heavy atom. The van der Waals surface area contributed by atoms with Crippen LogP contribution < -0.4 is 54.4 Å². The second kappa shape index (κ2) is 27.1. The highest BCUT2D eigenvalue weighted by Gasteiger charge is 2.40. The lowest BCUT2D eigenvalue weighted by Crippen LogP contribution is -2.60.